The largest absolute Gasteiger partial charge is 0.475 e. The van der Waals surface area contributed by atoms with E-state index in [2.05, 4.69) is 10.4 Å². The Balaban J connectivity index is 1.79. The Morgan fingerprint density at radius 1 is 1.58 bits per heavy atom. The van der Waals surface area contributed by atoms with Gasteiger partial charge in [0.15, 0.2) is 0 Å². The lowest BCUT2D eigenvalue weighted by Gasteiger charge is -2.00. The molecule has 102 valence electrons. The minimum Gasteiger partial charge on any atom is -0.475 e. The number of hydrogen-bond acceptors (Lipinski definition) is 4. The summed E-state index contributed by atoms with van der Waals surface area (Å²) in [6, 6.07) is 3.72. The summed E-state index contributed by atoms with van der Waals surface area (Å²) < 4.78 is 7.02. The van der Waals surface area contributed by atoms with Crippen LogP contribution in [-0.4, -0.2) is 27.4 Å². The van der Waals surface area contributed by atoms with Crippen molar-refractivity contribution in [1.29, 1.82) is 0 Å². The lowest BCUT2D eigenvalue weighted by atomic mass is 10.2. The first-order valence-corrected chi connectivity index (χ1v) is 6.08. The molecule has 0 amide bonds. The predicted molar refractivity (Wildman–Crippen MR) is 69.0 cm³/mol. The fourth-order valence-corrected chi connectivity index (χ4v) is 1.87. The zero-order valence-electron chi connectivity index (χ0n) is 11.0. The van der Waals surface area contributed by atoms with Gasteiger partial charge in [0, 0.05) is 31.8 Å². The van der Waals surface area contributed by atoms with Crippen LogP contribution in [0.5, 0.6) is 0 Å². The van der Waals surface area contributed by atoms with E-state index in [9.17, 15) is 4.79 Å². The van der Waals surface area contributed by atoms with Crippen molar-refractivity contribution < 1.29 is 14.3 Å². The lowest BCUT2D eigenvalue weighted by molar-refractivity contribution is 0.0659. The van der Waals surface area contributed by atoms with E-state index in [1.165, 1.54) is 0 Å². The van der Waals surface area contributed by atoms with Gasteiger partial charge in [0.05, 0.1) is 12.2 Å². The van der Waals surface area contributed by atoms with Crippen LogP contribution in [0.25, 0.3) is 0 Å². The maximum atomic E-state index is 10.8. The summed E-state index contributed by atoms with van der Waals surface area (Å²) in [7, 11) is 1.88. The molecule has 0 aliphatic carbocycles. The zero-order chi connectivity index (χ0) is 13.8. The van der Waals surface area contributed by atoms with Crippen LogP contribution >= 0.6 is 0 Å². The molecule has 2 aromatic rings. The van der Waals surface area contributed by atoms with Gasteiger partial charge in [-0.25, -0.2) is 4.79 Å². The van der Waals surface area contributed by atoms with Crippen molar-refractivity contribution in [3.8, 4) is 0 Å². The van der Waals surface area contributed by atoms with E-state index in [1.807, 2.05) is 19.3 Å². The maximum Gasteiger partial charge on any atom is 0.372 e. The third-order valence-electron chi connectivity index (χ3n) is 2.79. The summed E-state index contributed by atoms with van der Waals surface area (Å²) in [6.45, 7) is 3.00. The van der Waals surface area contributed by atoms with Crippen LogP contribution in [0.4, 0.5) is 0 Å². The van der Waals surface area contributed by atoms with E-state index in [0.717, 1.165) is 18.7 Å². The number of carboxylic acid groups (broad SMARTS) is 1. The van der Waals surface area contributed by atoms with Crippen molar-refractivity contribution in [1.82, 2.24) is 15.1 Å². The highest BCUT2D eigenvalue weighted by atomic mass is 16.4. The summed E-state index contributed by atoms with van der Waals surface area (Å²) in [5.41, 5.74) is 1.67. The first kappa shape index (κ1) is 13.4. The predicted octanol–water partition coefficient (Wildman–Crippen LogP) is 1.35. The van der Waals surface area contributed by atoms with E-state index < -0.39 is 5.97 Å². The van der Waals surface area contributed by atoms with Gasteiger partial charge in [-0.2, -0.15) is 5.10 Å². The Bertz CT molecular complexity index is 571. The summed E-state index contributed by atoms with van der Waals surface area (Å²) >= 11 is 0. The third-order valence-corrected chi connectivity index (χ3v) is 2.79. The molecule has 2 N–H and O–H groups in total. The number of furan rings is 1. The van der Waals surface area contributed by atoms with Gasteiger partial charge in [-0.3, -0.25) is 4.68 Å². The van der Waals surface area contributed by atoms with Crippen LogP contribution in [0.3, 0.4) is 0 Å². The molecule has 0 saturated heterocycles. The van der Waals surface area contributed by atoms with Crippen LogP contribution < -0.4 is 5.32 Å². The number of aromatic nitrogens is 2. The van der Waals surface area contributed by atoms with Crippen LogP contribution in [0, 0.1) is 6.92 Å². The monoisotopic (exact) mass is 263 g/mol. The highest BCUT2D eigenvalue weighted by molar-refractivity contribution is 5.86. The first-order valence-electron chi connectivity index (χ1n) is 6.08. The molecule has 0 fully saturated rings. The third kappa shape index (κ3) is 3.45. The average Bonchev–Trinajstić information content (AvgIpc) is 2.91. The molecule has 2 heterocycles. The van der Waals surface area contributed by atoms with E-state index in [-0.39, 0.29) is 5.76 Å². The molecule has 0 unspecified atom stereocenters. The van der Waals surface area contributed by atoms with Gasteiger partial charge in [-0.1, -0.05) is 0 Å². The average molecular weight is 263 g/mol. The van der Waals surface area contributed by atoms with Gasteiger partial charge in [0.25, 0.3) is 0 Å². The molecular formula is C13H17N3O3. The van der Waals surface area contributed by atoms with Crippen molar-refractivity contribution in [2.45, 2.75) is 19.9 Å². The number of aromatic carboxylic acids is 1. The highest BCUT2D eigenvalue weighted by Gasteiger charge is 2.13. The number of carboxylic acids is 1. The van der Waals surface area contributed by atoms with E-state index in [0.29, 0.717) is 17.9 Å². The number of carbonyl (C=O) groups is 1. The molecule has 19 heavy (non-hydrogen) atoms. The van der Waals surface area contributed by atoms with Crippen molar-refractivity contribution in [2.24, 2.45) is 7.05 Å². The van der Waals surface area contributed by atoms with Crippen LogP contribution in [-0.2, 0) is 20.0 Å². The Labute approximate surface area is 111 Å². The fraction of sp³-hybridized carbons (Fsp3) is 0.385. The second-order valence-corrected chi connectivity index (χ2v) is 4.44. The van der Waals surface area contributed by atoms with E-state index >= 15 is 0 Å². The van der Waals surface area contributed by atoms with Crippen molar-refractivity contribution in [2.75, 3.05) is 6.54 Å². The van der Waals surface area contributed by atoms with Crippen molar-refractivity contribution in [3.05, 3.63) is 41.1 Å². The van der Waals surface area contributed by atoms with E-state index in [1.54, 1.807) is 17.7 Å². The minimum absolute atomic E-state index is 0.0153. The Morgan fingerprint density at radius 3 is 2.95 bits per heavy atom. The van der Waals surface area contributed by atoms with Crippen LogP contribution in [0.1, 0.15) is 27.6 Å². The molecule has 0 aliphatic rings. The van der Waals surface area contributed by atoms with Gasteiger partial charge < -0.3 is 14.8 Å². The molecule has 0 spiro atoms. The number of hydrogen-bond donors (Lipinski definition) is 2. The molecule has 6 heteroatoms. The molecule has 0 aliphatic heterocycles. The molecule has 0 saturated carbocycles. The van der Waals surface area contributed by atoms with Gasteiger partial charge in [0.1, 0.15) is 5.76 Å². The maximum absolute atomic E-state index is 10.8. The normalized spacial score (nSPS) is 10.8. The Morgan fingerprint density at radius 2 is 2.37 bits per heavy atom. The Hall–Kier alpha value is -2.08. The SMILES string of the molecule is Cc1cc(CNCCc2ccn(C)n2)oc1C(=O)O. The van der Waals surface area contributed by atoms with Gasteiger partial charge in [-0.05, 0) is 19.1 Å². The molecule has 0 bridgehead atoms. The second kappa shape index (κ2) is 5.71. The molecular weight excluding hydrogens is 246 g/mol. The Kier molecular flexibility index (Phi) is 4.01. The molecule has 0 aromatic carbocycles. The fourth-order valence-electron chi connectivity index (χ4n) is 1.87. The lowest BCUT2D eigenvalue weighted by Crippen LogP contribution is -2.16. The number of rotatable bonds is 6. The molecule has 2 rings (SSSR count). The van der Waals surface area contributed by atoms with Crippen LogP contribution in [0.15, 0.2) is 22.7 Å². The highest BCUT2D eigenvalue weighted by Crippen LogP contribution is 2.14. The quantitative estimate of drug-likeness (QED) is 0.769. The summed E-state index contributed by atoms with van der Waals surface area (Å²) in [5.74, 6) is -0.380. The van der Waals surface area contributed by atoms with E-state index in [4.69, 9.17) is 9.52 Å². The number of nitrogens with zero attached hydrogens (tertiary/aromatic N) is 2. The smallest absolute Gasteiger partial charge is 0.372 e. The van der Waals surface area contributed by atoms with Gasteiger partial charge >= 0.3 is 5.97 Å². The molecule has 0 radical (unpaired) electrons. The summed E-state index contributed by atoms with van der Waals surface area (Å²) in [6.07, 6.45) is 2.73. The molecule has 6 nitrogen and oxygen atoms in total. The van der Waals surface area contributed by atoms with Gasteiger partial charge in [-0.15, -0.1) is 0 Å². The first-order chi connectivity index (χ1) is 9.06. The minimum atomic E-state index is -1.03. The molecule has 2 aromatic heterocycles. The summed E-state index contributed by atoms with van der Waals surface area (Å²) in [5, 5.41) is 16.4. The molecule has 0 atom stereocenters. The summed E-state index contributed by atoms with van der Waals surface area (Å²) in [4.78, 5) is 10.8. The van der Waals surface area contributed by atoms with Gasteiger partial charge in [0.2, 0.25) is 5.76 Å². The standard InChI is InChI=1S/C13H17N3O3/c1-9-7-11(19-12(9)13(17)18)8-14-5-3-10-4-6-16(2)15-10/h4,6-7,14H,3,5,8H2,1-2H3,(H,17,18). The second-order valence-electron chi connectivity index (χ2n) is 4.44. The number of nitrogens with one attached hydrogen (secondary N) is 1. The van der Waals surface area contributed by atoms with Crippen molar-refractivity contribution >= 4 is 5.97 Å². The topological polar surface area (TPSA) is 80.3 Å². The van der Waals surface area contributed by atoms with Crippen LogP contribution in [0.2, 0.25) is 0 Å². The number of aryl methyl sites for hydroxylation is 2. The zero-order valence-corrected chi connectivity index (χ0v) is 11.0. The van der Waals surface area contributed by atoms with Crippen molar-refractivity contribution in [3.63, 3.8) is 0 Å².